The molecule has 2 rings (SSSR count). The van der Waals surface area contributed by atoms with Crippen LogP contribution in [-0.4, -0.2) is 13.2 Å². The van der Waals surface area contributed by atoms with Gasteiger partial charge in [0.15, 0.2) is 0 Å². The highest BCUT2D eigenvalue weighted by atomic mass is 79.9. The van der Waals surface area contributed by atoms with Gasteiger partial charge in [-0.1, -0.05) is 0 Å². The van der Waals surface area contributed by atoms with E-state index in [0.29, 0.717) is 12.5 Å². The molecule has 1 aromatic rings. The highest BCUT2D eigenvalue weighted by molar-refractivity contribution is 9.10. The summed E-state index contributed by atoms with van der Waals surface area (Å²) < 4.78 is 11.9. The highest BCUT2D eigenvalue weighted by Crippen LogP contribution is 2.33. The van der Waals surface area contributed by atoms with Crippen LogP contribution in [0.25, 0.3) is 0 Å². The number of hydrogen-bond donors (Lipinski definition) is 1. The number of nitrogens with two attached hydrogens (primary N) is 1. The van der Waals surface area contributed by atoms with Gasteiger partial charge in [-0.2, -0.15) is 0 Å². The van der Waals surface area contributed by atoms with E-state index in [-0.39, 0.29) is 0 Å². The first kappa shape index (κ1) is 9.24. The van der Waals surface area contributed by atoms with Crippen LogP contribution in [0.15, 0.2) is 15.0 Å². The number of ether oxygens (including phenoxy) is 1. The molecular weight excluding hydrogens is 234 g/mol. The molecule has 1 fully saturated rings. The molecule has 2 heterocycles. The summed E-state index contributed by atoms with van der Waals surface area (Å²) in [5, 5.41) is 0. The second-order valence-electron chi connectivity index (χ2n) is 3.19. The van der Waals surface area contributed by atoms with Gasteiger partial charge in [0.05, 0.1) is 17.6 Å². The van der Waals surface area contributed by atoms with Crippen LogP contribution in [0.3, 0.4) is 0 Å². The van der Waals surface area contributed by atoms with Crippen LogP contribution in [0.5, 0.6) is 0 Å². The van der Waals surface area contributed by atoms with Crippen molar-refractivity contribution in [3.05, 3.63) is 22.1 Å². The standard InChI is InChI=1S/C9H12BrNO2/c10-8-3-7(4-11)13-9(8)6-1-2-12-5-6/h3,6H,1-2,4-5,11H2. The number of furan rings is 1. The van der Waals surface area contributed by atoms with Crippen LogP contribution in [0, 0.1) is 0 Å². The van der Waals surface area contributed by atoms with Crippen LogP contribution in [-0.2, 0) is 11.3 Å². The maximum Gasteiger partial charge on any atom is 0.123 e. The lowest BCUT2D eigenvalue weighted by atomic mass is 10.1. The minimum atomic E-state index is 0.398. The largest absolute Gasteiger partial charge is 0.463 e. The Morgan fingerprint density at radius 2 is 2.46 bits per heavy atom. The summed E-state index contributed by atoms with van der Waals surface area (Å²) in [6.45, 7) is 2.04. The minimum absolute atomic E-state index is 0.398. The molecule has 0 spiro atoms. The molecule has 1 aliphatic heterocycles. The molecule has 1 aliphatic rings. The second-order valence-corrected chi connectivity index (χ2v) is 4.04. The van der Waals surface area contributed by atoms with Gasteiger partial charge in [-0.05, 0) is 28.4 Å². The summed E-state index contributed by atoms with van der Waals surface area (Å²) in [6, 6.07) is 1.94. The average molecular weight is 246 g/mol. The smallest absolute Gasteiger partial charge is 0.123 e. The zero-order valence-electron chi connectivity index (χ0n) is 7.25. The van der Waals surface area contributed by atoms with Crippen LogP contribution in [0.2, 0.25) is 0 Å². The Labute approximate surface area is 85.4 Å². The summed E-state index contributed by atoms with van der Waals surface area (Å²) in [5.74, 6) is 2.21. The SMILES string of the molecule is NCc1cc(Br)c(C2CCOC2)o1. The Kier molecular flexibility index (Phi) is 2.71. The minimum Gasteiger partial charge on any atom is -0.463 e. The van der Waals surface area contributed by atoms with Crippen LogP contribution < -0.4 is 5.73 Å². The zero-order chi connectivity index (χ0) is 9.26. The number of hydrogen-bond acceptors (Lipinski definition) is 3. The van der Waals surface area contributed by atoms with E-state index >= 15 is 0 Å². The molecule has 1 aromatic heterocycles. The van der Waals surface area contributed by atoms with Crippen LogP contribution in [0.1, 0.15) is 23.9 Å². The van der Waals surface area contributed by atoms with Gasteiger partial charge in [0.1, 0.15) is 11.5 Å². The molecule has 0 amide bonds. The van der Waals surface area contributed by atoms with Gasteiger partial charge in [-0.25, -0.2) is 0 Å². The Hall–Kier alpha value is -0.320. The molecule has 4 heteroatoms. The third-order valence-electron chi connectivity index (χ3n) is 2.27. The predicted molar refractivity (Wildman–Crippen MR) is 52.5 cm³/mol. The normalized spacial score (nSPS) is 22.5. The quantitative estimate of drug-likeness (QED) is 0.868. The van der Waals surface area contributed by atoms with Crippen molar-refractivity contribution in [3.63, 3.8) is 0 Å². The summed E-state index contributed by atoms with van der Waals surface area (Å²) in [7, 11) is 0. The Balaban J connectivity index is 2.22. The zero-order valence-corrected chi connectivity index (χ0v) is 8.84. The van der Waals surface area contributed by atoms with E-state index in [1.54, 1.807) is 0 Å². The maximum atomic E-state index is 5.60. The predicted octanol–water partition coefficient (Wildman–Crippen LogP) is 2.00. The van der Waals surface area contributed by atoms with Crippen molar-refractivity contribution in [2.45, 2.75) is 18.9 Å². The molecule has 3 nitrogen and oxygen atoms in total. The van der Waals surface area contributed by atoms with E-state index in [9.17, 15) is 0 Å². The summed E-state index contributed by atoms with van der Waals surface area (Å²) in [5.41, 5.74) is 5.48. The van der Waals surface area contributed by atoms with Gasteiger partial charge in [-0.15, -0.1) is 0 Å². The van der Waals surface area contributed by atoms with Crippen LogP contribution >= 0.6 is 15.9 Å². The lowest BCUT2D eigenvalue weighted by molar-refractivity contribution is 0.191. The van der Waals surface area contributed by atoms with E-state index in [0.717, 1.165) is 35.6 Å². The first-order valence-corrected chi connectivity index (χ1v) is 5.16. The lowest BCUT2D eigenvalue weighted by Gasteiger charge is -2.03. The van der Waals surface area contributed by atoms with E-state index in [4.69, 9.17) is 14.9 Å². The highest BCUT2D eigenvalue weighted by Gasteiger charge is 2.23. The fourth-order valence-corrected chi connectivity index (χ4v) is 2.21. The van der Waals surface area contributed by atoms with E-state index in [1.807, 2.05) is 6.07 Å². The van der Waals surface area contributed by atoms with Crippen molar-refractivity contribution in [1.29, 1.82) is 0 Å². The van der Waals surface area contributed by atoms with E-state index in [1.165, 1.54) is 0 Å². The van der Waals surface area contributed by atoms with Gasteiger partial charge in [-0.3, -0.25) is 0 Å². The van der Waals surface area contributed by atoms with Gasteiger partial charge >= 0.3 is 0 Å². The molecule has 0 radical (unpaired) electrons. The molecule has 0 saturated carbocycles. The molecule has 0 bridgehead atoms. The van der Waals surface area contributed by atoms with Gasteiger partial charge in [0.2, 0.25) is 0 Å². The second kappa shape index (κ2) is 3.82. The fraction of sp³-hybridized carbons (Fsp3) is 0.556. The molecule has 1 atom stereocenters. The summed E-state index contributed by atoms with van der Waals surface area (Å²) in [6.07, 6.45) is 1.04. The third-order valence-corrected chi connectivity index (χ3v) is 2.89. The number of halogens is 1. The Morgan fingerprint density at radius 1 is 1.62 bits per heavy atom. The van der Waals surface area contributed by atoms with E-state index < -0.39 is 0 Å². The van der Waals surface area contributed by atoms with E-state index in [2.05, 4.69) is 15.9 Å². The van der Waals surface area contributed by atoms with Gasteiger partial charge in [0, 0.05) is 12.5 Å². The topological polar surface area (TPSA) is 48.4 Å². The Bertz CT molecular complexity index is 292. The molecular formula is C9H12BrNO2. The molecule has 0 aromatic carbocycles. The molecule has 13 heavy (non-hydrogen) atoms. The van der Waals surface area contributed by atoms with Crippen molar-refractivity contribution in [2.24, 2.45) is 5.73 Å². The van der Waals surface area contributed by atoms with Crippen molar-refractivity contribution >= 4 is 15.9 Å². The maximum absolute atomic E-state index is 5.60. The lowest BCUT2D eigenvalue weighted by Crippen LogP contribution is -1.96. The summed E-state index contributed by atoms with van der Waals surface area (Å²) in [4.78, 5) is 0. The first-order chi connectivity index (χ1) is 6.31. The van der Waals surface area contributed by atoms with Crippen molar-refractivity contribution in [3.8, 4) is 0 Å². The Morgan fingerprint density at radius 3 is 3.00 bits per heavy atom. The van der Waals surface area contributed by atoms with Gasteiger partial charge < -0.3 is 14.9 Å². The molecule has 2 N–H and O–H groups in total. The molecule has 1 saturated heterocycles. The molecule has 0 aliphatic carbocycles. The average Bonchev–Trinajstić information content (AvgIpc) is 2.72. The monoisotopic (exact) mass is 245 g/mol. The van der Waals surface area contributed by atoms with Crippen molar-refractivity contribution < 1.29 is 9.15 Å². The molecule has 1 unspecified atom stereocenters. The number of rotatable bonds is 2. The molecule has 72 valence electrons. The van der Waals surface area contributed by atoms with Crippen molar-refractivity contribution in [2.75, 3.05) is 13.2 Å². The fourth-order valence-electron chi connectivity index (χ4n) is 1.55. The first-order valence-electron chi connectivity index (χ1n) is 4.37. The third kappa shape index (κ3) is 1.80. The summed E-state index contributed by atoms with van der Waals surface area (Å²) >= 11 is 3.46. The van der Waals surface area contributed by atoms with Gasteiger partial charge in [0.25, 0.3) is 0 Å². The van der Waals surface area contributed by atoms with Crippen molar-refractivity contribution in [1.82, 2.24) is 0 Å². The van der Waals surface area contributed by atoms with Crippen LogP contribution in [0.4, 0.5) is 0 Å².